The Balaban J connectivity index is 1.77. The zero-order chi connectivity index (χ0) is 21.0. The lowest BCUT2D eigenvalue weighted by Crippen LogP contribution is -2.31. The molecule has 0 radical (unpaired) electrons. The van der Waals surface area contributed by atoms with Gasteiger partial charge in [-0.15, -0.1) is 0 Å². The molecule has 3 rings (SSSR count). The smallest absolute Gasteiger partial charge is 0.129 e. The number of anilines is 2. The number of carbonyl (C=O) groups is 1. The first-order valence-electron chi connectivity index (χ1n) is 10.1. The van der Waals surface area contributed by atoms with Crippen LogP contribution in [0.4, 0.5) is 11.5 Å². The van der Waals surface area contributed by atoms with Crippen molar-refractivity contribution in [3.63, 3.8) is 0 Å². The van der Waals surface area contributed by atoms with E-state index in [1.165, 1.54) is 0 Å². The predicted molar refractivity (Wildman–Crippen MR) is 115 cm³/mol. The van der Waals surface area contributed by atoms with Crippen LogP contribution in [0.5, 0.6) is 0 Å². The fraction of sp³-hybridized carbons (Fsp3) is 0.478. The third-order valence-corrected chi connectivity index (χ3v) is 5.52. The number of aldehydes is 1. The molecule has 1 atom stereocenters. The van der Waals surface area contributed by atoms with Crippen molar-refractivity contribution < 1.29 is 4.79 Å². The molecule has 152 valence electrons. The third kappa shape index (κ3) is 4.92. The van der Waals surface area contributed by atoms with Crippen LogP contribution in [0.1, 0.15) is 49.7 Å². The summed E-state index contributed by atoms with van der Waals surface area (Å²) in [5, 5.41) is 12.3. The lowest BCUT2D eigenvalue weighted by atomic mass is 9.82. The maximum absolute atomic E-state index is 11.5. The molecule has 0 saturated heterocycles. The van der Waals surface area contributed by atoms with Gasteiger partial charge in [0.1, 0.15) is 18.2 Å². The van der Waals surface area contributed by atoms with E-state index in [1.54, 1.807) is 6.20 Å². The predicted octanol–water partition coefficient (Wildman–Crippen LogP) is 3.88. The van der Waals surface area contributed by atoms with Crippen molar-refractivity contribution in [2.45, 2.75) is 47.1 Å². The summed E-state index contributed by atoms with van der Waals surface area (Å²) in [7, 11) is 0. The quantitative estimate of drug-likeness (QED) is 0.753. The minimum absolute atomic E-state index is 0.0707. The summed E-state index contributed by atoms with van der Waals surface area (Å²) in [5.74, 6) is 0.789. The van der Waals surface area contributed by atoms with Gasteiger partial charge in [-0.25, -0.2) is 4.98 Å². The molecule has 2 aromatic heterocycles. The normalized spacial score (nSPS) is 14.7. The van der Waals surface area contributed by atoms with Crippen LogP contribution in [0, 0.1) is 29.6 Å². The van der Waals surface area contributed by atoms with E-state index in [0.29, 0.717) is 18.7 Å². The second-order valence-electron chi connectivity index (χ2n) is 8.78. The zero-order valence-corrected chi connectivity index (χ0v) is 17.7. The number of nitrogens with one attached hydrogen (secondary N) is 1. The van der Waals surface area contributed by atoms with E-state index in [2.05, 4.69) is 55.0 Å². The molecule has 0 aromatic carbocycles. The van der Waals surface area contributed by atoms with E-state index in [0.717, 1.165) is 54.1 Å². The Hall–Kier alpha value is -2.94. The van der Waals surface area contributed by atoms with Crippen molar-refractivity contribution in [2.75, 3.05) is 23.3 Å². The van der Waals surface area contributed by atoms with Crippen molar-refractivity contribution >= 4 is 17.8 Å². The van der Waals surface area contributed by atoms with Gasteiger partial charge in [-0.3, -0.25) is 4.98 Å². The Kier molecular flexibility index (Phi) is 6.17. The van der Waals surface area contributed by atoms with E-state index < -0.39 is 0 Å². The van der Waals surface area contributed by atoms with Crippen LogP contribution in [0.15, 0.2) is 24.4 Å². The molecule has 29 heavy (non-hydrogen) atoms. The van der Waals surface area contributed by atoms with Crippen molar-refractivity contribution in [1.82, 2.24) is 9.97 Å². The van der Waals surface area contributed by atoms with E-state index in [4.69, 9.17) is 10.2 Å². The third-order valence-electron chi connectivity index (χ3n) is 5.52. The summed E-state index contributed by atoms with van der Waals surface area (Å²) < 4.78 is 0. The molecule has 0 saturated carbocycles. The van der Waals surface area contributed by atoms with Crippen LogP contribution in [0.3, 0.4) is 0 Å². The highest BCUT2D eigenvalue weighted by Crippen LogP contribution is 2.31. The van der Waals surface area contributed by atoms with Crippen LogP contribution in [0.25, 0.3) is 0 Å². The molecule has 1 unspecified atom stereocenters. The number of nitriles is 1. The summed E-state index contributed by atoms with van der Waals surface area (Å²) in [6.07, 6.45) is 4.64. The van der Waals surface area contributed by atoms with Crippen molar-refractivity contribution in [2.24, 2.45) is 11.3 Å². The topological polar surface area (TPSA) is 81.9 Å². The average Bonchev–Trinajstić information content (AvgIpc) is 2.69. The SMILES string of the molecule is Cc1cc2c(nc1NCC(C=O)C(C)(C)C)CCCN2Cc1ccc(C#N)cn1. The Morgan fingerprint density at radius 3 is 2.79 bits per heavy atom. The summed E-state index contributed by atoms with van der Waals surface area (Å²) in [5.41, 5.74) is 4.73. The lowest BCUT2D eigenvalue weighted by Gasteiger charge is -2.32. The number of pyridine rings is 2. The lowest BCUT2D eigenvalue weighted by molar-refractivity contribution is -0.113. The number of hydrogen-bond donors (Lipinski definition) is 1. The van der Waals surface area contributed by atoms with Gasteiger partial charge < -0.3 is 15.0 Å². The Morgan fingerprint density at radius 1 is 1.38 bits per heavy atom. The highest BCUT2D eigenvalue weighted by Gasteiger charge is 2.25. The van der Waals surface area contributed by atoms with Gasteiger partial charge in [-0.1, -0.05) is 20.8 Å². The first-order chi connectivity index (χ1) is 13.8. The number of hydrogen-bond acceptors (Lipinski definition) is 6. The van der Waals surface area contributed by atoms with Gasteiger partial charge in [0.15, 0.2) is 0 Å². The van der Waals surface area contributed by atoms with Gasteiger partial charge in [-0.2, -0.15) is 5.26 Å². The molecule has 1 N–H and O–H groups in total. The first kappa shape index (κ1) is 20.8. The second kappa shape index (κ2) is 8.60. The molecular formula is C23H29N5O. The molecule has 1 aliphatic rings. The van der Waals surface area contributed by atoms with Gasteiger partial charge in [0.05, 0.1) is 29.2 Å². The zero-order valence-electron chi connectivity index (χ0n) is 17.7. The molecule has 6 heteroatoms. The minimum atomic E-state index is -0.0816. The summed E-state index contributed by atoms with van der Waals surface area (Å²) >= 11 is 0. The fourth-order valence-electron chi connectivity index (χ4n) is 3.54. The van der Waals surface area contributed by atoms with Crippen molar-refractivity contribution in [3.05, 3.63) is 46.9 Å². The molecular weight excluding hydrogens is 362 g/mol. The number of fused-ring (bicyclic) bond motifs is 1. The summed E-state index contributed by atoms with van der Waals surface area (Å²) in [6.45, 7) is 10.5. The number of carbonyl (C=O) groups excluding carboxylic acids is 1. The molecule has 0 bridgehead atoms. The van der Waals surface area contributed by atoms with Gasteiger partial charge >= 0.3 is 0 Å². The van der Waals surface area contributed by atoms with Crippen LogP contribution in [0.2, 0.25) is 0 Å². The molecule has 0 fully saturated rings. The van der Waals surface area contributed by atoms with Crippen molar-refractivity contribution in [1.29, 1.82) is 5.26 Å². The van der Waals surface area contributed by atoms with Crippen LogP contribution in [-0.4, -0.2) is 29.3 Å². The van der Waals surface area contributed by atoms with Gasteiger partial charge in [0.25, 0.3) is 0 Å². The monoisotopic (exact) mass is 391 g/mol. The fourth-order valence-corrected chi connectivity index (χ4v) is 3.54. The molecule has 1 aliphatic heterocycles. The number of rotatable bonds is 6. The molecule has 0 amide bonds. The number of aryl methyl sites for hydroxylation is 2. The van der Waals surface area contributed by atoms with E-state index in [9.17, 15) is 4.79 Å². The molecule has 2 aromatic rings. The molecule has 3 heterocycles. The summed E-state index contributed by atoms with van der Waals surface area (Å²) in [4.78, 5) is 23.1. The molecule has 0 spiro atoms. The van der Waals surface area contributed by atoms with Crippen LogP contribution in [-0.2, 0) is 17.8 Å². The summed E-state index contributed by atoms with van der Waals surface area (Å²) in [6, 6.07) is 8.01. The van der Waals surface area contributed by atoms with Crippen LogP contribution >= 0.6 is 0 Å². The second-order valence-corrected chi connectivity index (χ2v) is 8.78. The standard InChI is InChI=1S/C23H29N5O/c1-16-10-21-20(27-22(16)26-13-18(15-29)23(2,3)4)6-5-9-28(21)14-19-8-7-17(11-24)12-25-19/h7-8,10,12,15,18H,5-6,9,13-14H2,1-4H3,(H,26,27). The Bertz CT molecular complexity index is 909. The number of nitrogens with zero attached hydrogens (tertiary/aromatic N) is 4. The van der Waals surface area contributed by atoms with Crippen LogP contribution < -0.4 is 10.2 Å². The Morgan fingerprint density at radius 2 is 2.17 bits per heavy atom. The minimum Gasteiger partial charge on any atom is -0.369 e. The maximum atomic E-state index is 11.5. The molecule has 0 aliphatic carbocycles. The number of aromatic nitrogens is 2. The highest BCUT2D eigenvalue weighted by molar-refractivity contribution is 5.61. The average molecular weight is 392 g/mol. The van der Waals surface area contributed by atoms with Gasteiger partial charge in [0, 0.05) is 25.2 Å². The first-order valence-corrected chi connectivity index (χ1v) is 10.1. The van der Waals surface area contributed by atoms with E-state index in [-0.39, 0.29) is 11.3 Å². The maximum Gasteiger partial charge on any atom is 0.129 e. The van der Waals surface area contributed by atoms with E-state index in [1.807, 2.05) is 12.1 Å². The largest absolute Gasteiger partial charge is 0.369 e. The molecule has 6 nitrogen and oxygen atoms in total. The highest BCUT2D eigenvalue weighted by atomic mass is 16.1. The Labute approximate surface area is 173 Å². The van der Waals surface area contributed by atoms with E-state index >= 15 is 0 Å². The van der Waals surface area contributed by atoms with Gasteiger partial charge in [-0.05, 0) is 48.9 Å². The van der Waals surface area contributed by atoms with Crippen molar-refractivity contribution in [3.8, 4) is 6.07 Å². The van der Waals surface area contributed by atoms with Gasteiger partial charge in [0.2, 0.25) is 0 Å².